The molecule has 0 aromatic carbocycles. The number of rotatable bonds is 1. The molecule has 0 saturated heterocycles. The lowest BCUT2D eigenvalue weighted by Crippen LogP contribution is -2.40. The molecule has 1 aliphatic heterocycles. The summed E-state index contributed by atoms with van der Waals surface area (Å²) in [5.41, 5.74) is 2.22. The van der Waals surface area contributed by atoms with E-state index in [2.05, 4.69) is 27.9 Å². The third-order valence-corrected chi connectivity index (χ3v) is 3.27. The number of fused-ring (bicyclic) bond motifs is 1. The van der Waals surface area contributed by atoms with Crippen LogP contribution in [-0.4, -0.2) is 48.3 Å². The number of anilines is 1. The number of aromatic nitrogens is 1. The van der Waals surface area contributed by atoms with Gasteiger partial charge in [0.2, 0.25) is 0 Å². The molecule has 4 heteroatoms. The average molecular weight is 221 g/mol. The van der Waals surface area contributed by atoms with E-state index in [-0.39, 0.29) is 12.6 Å². The van der Waals surface area contributed by atoms with Crippen molar-refractivity contribution in [1.29, 1.82) is 0 Å². The first-order valence-corrected chi connectivity index (χ1v) is 5.68. The highest BCUT2D eigenvalue weighted by molar-refractivity contribution is 5.51. The van der Waals surface area contributed by atoms with Crippen LogP contribution in [0.4, 0.5) is 5.69 Å². The third kappa shape index (κ3) is 2.18. The third-order valence-electron chi connectivity index (χ3n) is 3.27. The molecular weight excluding hydrogens is 202 g/mol. The van der Waals surface area contributed by atoms with Crippen molar-refractivity contribution in [3.05, 3.63) is 24.0 Å². The Hall–Kier alpha value is -1.13. The Morgan fingerprint density at radius 2 is 2.31 bits per heavy atom. The van der Waals surface area contributed by atoms with E-state index in [0.717, 1.165) is 30.9 Å². The highest BCUT2D eigenvalue weighted by Crippen LogP contribution is 2.23. The predicted molar refractivity (Wildman–Crippen MR) is 64.5 cm³/mol. The van der Waals surface area contributed by atoms with Crippen LogP contribution in [0.3, 0.4) is 0 Å². The van der Waals surface area contributed by atoms with Crippen LogP contribution in [0, 0.1) is 0 Å². The number of pyridine rings is 1. The summed E-state index contributed by atoms with van der Waals surface area (Å²) in [6.07, 6.45) is 2.81. The summed E-state index contributed by atoms with van der Waals surface area (Å²) < 4.78 is 0. The molecule has 0 saturated carbocycles. The zero-order valence-electron chi connectivity index (χ0n) is 9.93. The Morgan fingerprint density at radius 1 is 1.50 bits per heavy atom. The molecule has 1 aromatic heterocycles. The molecule has 2 heterocycles. The Balaban J connectivity index is 2.35. The summed E-state index contributed by atoms with van der Waals surface area (Å²) in [7, 11) is 4.13. The SMILES string of the molecule is CN1CC[C@@H](CO)N(C)c2cccnc2C1. The van der Waals surface area contributed by atoms with Crippen LogP contribution in [0.25, 0.3) is 0 Å². The molecule has 1 N–H and O–H groups in total. The predicted octanol–water partition coefficient (Wildman–Crippen LogP) is 0.714. The molecule has 0 bridgehead atoms. The summed E-state index contributed by atoms with van der Waals surface area (Å²) in [5, 5.41) is 9.41. The van der Waals surface area contributed by atoms with E-state index in [1.54, 1.807) is 0 Å². The summed E-state index contributed by atoms with van der Waals surface area (Å²) in [4.78, 5) is 8.83. The number of hydrogen-bond acceptors (Lipinski definition) is 4. The van der Waals surface area contributed by atoms with E-state index in [4.69, 9.17) is 0 Å². The van der Waals surface area contributed by atoms with Gasteiger partial charge in [0.25, 0.3) is 0 Å². The van der Waals surface area contributed by atoms with Gasteiger partial charge in [-0.15, -0.1) is 0 Å². The van der Waals surface area contributed by atoms with Crippen molar-refractivity contribution >= 4 is 5.69 Å². The molecule has 0 amide bonds. The highest BCUT2D eigenvalue weighted by atomic mass is 16.3. The Labute approximate surface area is 96.5 Å². The molecule has 2 rings (SSSR count). The maximum atomic E-state index is 9.41. The van der Waals surface area contributed by atoms with Crippen molar-refractivity contribution in [2.45, 2.75) is 19.0 Å². The van der Waals surface area contributed by atoms with Crippen molar-refractivity contribution in [2.24, 2.45) is 0 Å². The van der Waals surface area contributed by atoms with Crippen molar-refractivity contribution < 1.29 is 5.11 Å². The molecule has 88 valence electrons. The summed E-state index contributed by atoms with van der Waals surface area (Å²) in [6.45, 7) is 2.06. The fourth-order valence-electron chi connectivity index (χ4n) is 2.18. The minimum atomic E-state index is 0.186. The first-order valence-electron chi connectivity index (χ1n) is 5.68. The fourth-order valence-corrected chi connectivity index (χ4v) is 2.18. The van der Waals surface area contributed by atoms with E-state index >= 15 is 0 Å². The minimum absolute atomic E-state index is 0.186. The molecule has 0 aliphatic carbocycles. The van der Waals surface area contributed by atoms with Crippen LogP contribution < -0.4 is 4.90 Å². The fraction of sp³-hybridized carbons (Fsp3) is 0.583. The Kier molecular flexibility index (Phi) is 3.41. The number of aliphatic hydroxyl groups excluding tert-OH is 1. The molecule has 16 heavy (non-hydrogen) atoms. The molecule has 1 atom stereocenters. The topological polar surface area (TPSA) is 39.6 Å². The maximum Gasteiger partial charge on any atom is 0.0776 e. The number of hydrogen-bond donors (Lipinski definition) is 1. The minimum Gasteiger partial charge on any atom is -0.394 e. The van der Waals surface area contributed by atoms with E-state index in [9.17, 15) is 5.11 Å². The van der Waals surface area contributed by atoms with Crippen LogP contribution in [0.2, 0.25) is 0 Å². The van der Waals surface area contributed by atoms with Gasteiger partial charge >= 0.3 is 0 Å². The molecule has 0 spiro atoms. The van der Waals surface area contributed by atoms with Crippen molar-refractivity contribution in [3.8, 4) is 0 Å². The van der Waals surface area contributed by atoms with Gasteiger partial charge < -0.3 is 14.9 Å². The molecule has 4 nitrogen and oxygen atoms in total. The van der Waals surface area contributed by atoms with Gasteiger partial charge in [0.05, 0.1) is 24.0 Å². The van der Waals surface area contributed by atoms with Crippen LogP contribution in [0.15, 0.2) is 18.3 Å². The normalized spacial score (nSPS) is 22.4. The van der Waals surface area contributed by atoms with Gasteiger partial charge in [0.15, 0.2) is 0 Å². The molecular formula is C12H19N3O. The molecule has 0 fully saturated rings. The Morgan fingerprint density at radius 3 is 3.06 bits per heavy atom. The average Bonchev–Trinajstić information content (AvgIpc) is 2.28. The van der Waals surface area contributed by atoms with Gasteiger partial charge in [-0.2, -0.15) is 0 Å². The zero-order chi connectivity index (χ0) is 11.5. The number of aliphatic hydroxyl groups is 1. The first kappa shape index (κ1) is 11.4. The van der Waals surface area contributed by atoms with Gasteiger partial charge in [-0.3, -0.25) is 4.98 Å². The molecule has 0 unspecified atom stereocenters. The van der Waals surface area contributed by atoms with Crippen molar-refractivity contribution in [1.82, 2.24) is 9.88 Å². The number of likely N-dealkylation sites (N-methyl/N-ethyl adjacent to an activating group) is 1. The Bertz CT molecular complexity index is 356. The molecule has 0 radical (unpaired) electrons. The maximum absolute atomic E-state index is 9.41. The molecule has 1 aliphatic rings. The van der Waals surface area contributed by atoms with Gasteiger partial charge in [-0.05, 0) is 25.6 Å². The summed E-state index contributed by atoms with van der Waals surface area (Å²) in [6, 6.07) is 4.21. The van der Waals surface area contributed by atoms with Gasteiger partial charge in [-0.25, -0.2) is 0 Å². The highest BCUT2D eigenvalue weighted by Gasteiger charge is 2.21. The van der Waals surface area contributed by atoms with Crippen LogP contribution >= 0.6 is 0 Å². The van der Waals surface area contributed by atoms with E-state index in [1.807, 2.05) is 19.3 Å². The van der Waals surface area contributed by atoms with Crippen LogP contribution in [-0.2, 0) is 6.54 Å². The monoisotopic (exact) mass is 221 g/mol. The van der Waals surface area contributed by atoms with Gasteiger partial charge in [0.1, 0.15) is 0 Å². The van der Waals surface area contributed by atoms with Gasteiger partial charge in [0, 0.05) is 26.3 Å². The largest absolute Gasteiger partial charge is 0.394 e. The van der Waals surface area contributed by atoms with Crippen molar-refractivity contribution in [2.75, 3.05) is 32.1 Å². The lowest BCUT2D eigenvalue weighted by atomic mass is 10.1. The van der Waals surface area contributed by atoms with Gasteiger partial charge in [-0.1, -0.05) is 0 Å². The summed E-state index contributed by atoms with van der Waals surface area (Å²) in [5.74, 6) is 0. The van der Waals surface area contributed by atoms with Crippen molar-refractivity contribution in [3.63, 3.8) is 0 Å². The number of nitrogens with zero attached hydrogens (tertiary/aromatic N) is 3. The smallest absolute Gasteiger partial charge is 0.0776 e. The van der Waals surface area contributed by atoms with E-state index in [0.29, 0.717) is 0 Å². The summed E-state index contributed by atoms with van der Waals surface area (Å²) >= 11 is 0. The van der Waals surface area contributed by atoms with E-state index in [1.165, 1.54) is 0 Å². The zero-order valence-corrected chi connectivity index (χ0v) is 9.93. The lowest BCUT2D eigenvalue weighted by Gasteiger charge is -2.34. The second kappa shape index (κ2) is 4.80. The van der Waals surface area contributed by atoms with Crippen LogP contribution in [0.5, 0.6) is 0 Å². The lowest BCUT2D eigenvalue weighted by molar-refractivity contribution is 0.228. The second-order valence-electron chi connectivity index (χ2n) is 4.44. The first-order chi connectivity index (χ1) is 7.72. The van der Waals surface area contributed by atoms with Crippen LogP contribution in [0.1, 0.15) is 12.1 Å². The second-order valence-corrected chi connectivity index (χ2v) is 4.44. The standard InChI is InChI=1S/C12H19N3O/c1-14-7-5-10(9-16)15(2)12-4-3-6-13-11(12)8-14/h3-4,6,10,16H,5,7-9H2,1-2H3/t10-/m0/s1. The quantitative estimate of drug-likeness (QED) is 0.758. The van der Waals surface area contributed by atoms with E-state index < -0.39 is 0 Å². The molecule has 1 aromatic rings.